The summed E-state index contributed by atoms with van der Waals surface area (Å²) in [6.45, 7) is 1.94. The van der Waals surface area contributed by atoms with Crippen molar-refractivity contribution >= 4 is 11.6 Å². The first-order valence-electron chi connectivity index (χ1n) is 5.25. The van der Waals surface area contributed by atoms with Gasteiger partial charge < -0.3 is 5.73 Å². The van der Waals surface area contributed by atoms with Gasteiger partial charge in [-0.3, -0.25) is 0 Å². The lowest BCUT2D eigenvalue weighted by molar-refractivity contribution is 0.476. The highest BCUT2D eigenvalue weighted by Crippen LogP contribution is 2.22. The third-order valence-electron chi connectivity index (χ3n) is 2.58. The second-order valence-corrected chi connectivity index (χ2v) is 4.73. The van der Waals surface area contributed by atoms with Crippen LogP contribution in [0.2, 0.25) is 5.02 Å². The molecule has 0 amide bonds. The molecule has 0 spiro atoms. The minimum Gasteiger partial charge on any atom is -0.321 e. The second-order valence-electron chi connectivity index (χ2n) is 4.30. The number of nitrogens with two attached hydrogens (primary N) is 1. The van der Waals surface area contributed by atoms with Gasteiger partial charge in [0.2, 0.25) is 0 Å². The van der Waals surface area contributed by atoms with Crippen molar-refractivity contribution in [3.05, 3.63) is 40.7 Å². The monoisotopic (exact) mass is 251 g/mol. The Morgan fingerprint density at radius 3 is 2.53 bits per heavy atom. The molecule has 1 unspecified atom stereocenters. The molecule has 1 aromatic heterocycles. The molecule has 2 N–H and O–H groups in total. The first kappa shape index (κ1) is 12.0. The average molecular weight is 252 g/mol. The standard InChI is InChI=1S/C11H14ClN5/c1-11(13,7-10-14-16-17(2)15-10)8-3-5-9(12)6-4-8/h3-6H,7,13H2,1-2H3. The van der Waals surface area contributed by atoms with Gasteiger partial charge in [-0.2, -0.15) is 4.80 Å². The van der Waals surface area contributed by atoms with Crippen LogP contribution in [0, 0.1) is 0 Å². The minimum atomic E-state index is -0.534. The number of nitrogens with zero attached hydrogens (tertiary/aromatic N) is 4. The highest BCUT2D eigenvalue weighted by Gasteiger charge is 2.23. The summed E-state index contributed by atoms with van der Waals surface area (Å²) in [5, 5.41) is 12.6. The third-order valence-corrected chi connectivity index (χ3v) is 2.83. The van der Waals surface area contributed by atoms with Gasteiger partial charge in [-0.1, -0.05) is 23.7 Å². The van der Waals surface area contributed by atoms with E-state index in [4.69, 9.17) is 17.3 Å². The Bertz CT molecular complexity index is 503. The molecule has 90 valence electrons. The van der Waals surface area contributed by atoms with Gasteiger partial charge in [-0.15, -0.1) is 10.2 Å². The number of hydrogen-bond acceptors (Lipinski definition) is 4. The van der Waals surface area contributed by atoms with Crippen LogP contribution in [0.1, 0.15) is 18.3 Å². The van der Waals surface area contributed by atoms with Gasteiger partial charge in [-0.25, -0.2) is 0 Å². The summed E-state index contributed by atoms with van der Waals surface area (Å²) in [7, 11) is 1.73. The van der Waals surface area contributed by atoms with Crippen molar-refractivity contribution in [2.75, 3.05) is 0 Å². The van der Waals surface area contributed by atoms with Crippen molar-refractivity contribution < 1.29 is 0 Å². The lowest BCUT2D eigenvalue weighted by atomic mass is 9.89. The summed E-state index contributed by atoms with van der Waals surface area (Å²) in [6, 6.07) is 7.48. The number of rotatable bonds is 3. The number of benzene rings is 1. The Labute approximate surface area is 105 Å². The zero-order valence-corrected chi connectivity index (χ0v) is 10.5. The molecule has 0 saturated heterocycles. The highest BCUT2D eigenvalue weighted by atomic mass is 35.5. The fourth-order valence-corrected chi connectivity index (χ4v) is 1.78. The van der Waals surface area contributed by atoms with Crippen LogP contribution < -0.4 is 5.73 Å². The Kier molecular flexibility index (Phi) is 3.13. The van der Waals surface area contributed by atoms with Gasteiger partial charge in [0.25, 0.3) is 0 Å². The molecule has 1 aromatic carbocycles. The lowest BCUT2D eigenvalue weighted by Gasteiger charge is -2.23. The van der Waals surface area contributed by atoms with E-state index in [-0.39, 0.29) is 0 Å². The Balaban J connectivity index is 2.21. The van der Waals surface area contributed by atoms with E-state index < -0.39 is 5.54 Å². The molecule has 0 aliphatic carbocycles. The van der Waals surface area contributed by atoms with E-state index in [0.717, 1.165) is 5.56 Å². The summed E-state index contributed by atoms with van der Waals surface area (Å²) in [6.07, 6.45) is 0.530. The van der Waals surface area contributed by atoms with Gasteiger partial charge in [0, 0.05) is 17.0 Å². The van der Waals surface area contributed by atoms with Crippen molar-refractivity contribution in [1.29, 1.82) is 0 Å². The zero-order valence-electron chi connectivity index (χ0n) is 9.76. The molecule has 0 radical (unpaired) electrons. The summed E-state index contributed by atoms with van der Waals surface area (Å²) in [4.78, 5) is 1.42. The molecule has 0 aliphatic heterocycles. The quantitative estimate of drug-likeness (QED) is 0.892. The minimum absolute atomic E-state index is 0.530. The maximum Gasteiger partial charge on any atom is 0.176 e. The molecule has 2 aromatic rings. The van der Waals surface area contributed by atoms with Crippen LogP contribution in [0.15, 0.2) is 24.3 Å². The molecule has 0 bridgehead atoms. The van der Waals surface area contributed by atoms with Crippen molar-refractivity contribution in [3.63, 3.8) is 0 Å². The SMILES string of the molecule is Cn1nnc(CC(C)(N)c2ccc(Cl)cc2)n1. The largest absolute Gasteiger partial charge is 0.321 e. The van der Waals surface area contributed by atoms with E-state index in [1.54, 1.807) is 7.05 Å². The predicted molar refractivity (Wildman–Crippen MR) is 65.5 cm³/mol. The number of aryl methyl sites for hydroxylation is 1. The predicted octanol–water partition coefficient (Wildman–Crippen LogP) is 1.28. The zero-order chi connectivity index (χ0) is 12.5. The van der Waals surface area contributed by atoms with Gasteiger partial charge in [-0.05, 0) is 29.8 Å². The van der Waals surface area contributed by atoms with E-state index in [9.17, 15) is 0 Å². The fourth-order valence-electron chi connectivity index (χ4n) is 1.66. The van der Waals surface area contributed by atoms with Crippen LogP contribution in [0.4, 0.5) is 0 Å². The Morgan fingerprint density at radius 2 is 2.00 bits per heavy atom. The molecule has 5 nitrogen and oxygen atoms in total. The van der Waals surface area contributed by atoms with Crippen LogP contribution in [-0.2, 0) is 19.0 Å². The van der Waals surface area contributed by atoms with Gasteiger partial charge in [0.05, 0.1) is 7.05 Å². The summed E-state index contributed by atoms with van der Waals surface area (Å²) in [5.41, 5.74) is 6.73. The number of halogens is 1. The van der Waals surface area contributed by atoms with Crippen molar-refractivity contribution in [2.24, 2.45) is 12.8 Å². The number of aromatic nitrogens is 4. The van der Waals surface area contributed by atoms with Gasteiger partial charge >= 0.3 is 0 Å². The van der Waals surface area contributed by atoms with E-state index in [1.165, 1.54) is 4.80 Å². The number of hydrogen-bond donors (Lipinski definition) is 1. The maximum atomic E-state index is 6.27. The van der Waals surface area contributed by atoms with Crippen LogP contribution >= 0.6 is 11.6 Å². The summed E-state index contributed by atoms with van der Waals surface area (Å²) >= 11 is 5.85. The normalized spacial score (nSPS) is 14.6. The van der Waals surface area contributed by atoms with Crippen LogP contribution in [0.3, 0.4) is 0 Å². The van der Waals surface area contributed by atoms with Crippen molar-refractivity contribution in [1.82, 2.24) is 20.2 Å². The lowest BCUT2D eigenvalue weighted by Crippen LogP contribution is -2.35. The van der Waals surface area contributed by atoms with Crippen LogP contribution in [-0.4, -0.2) is 20.2 Å². The van der Waals surface area contributed by atoms with E-state index in [2.05, 4.69) is 15.4 Å². The third kappa shape index (κ3) is 2.81. The second kappa shape index (κ2) is 4.43. The van der Waals surface area contributed by atoms with E-state index in [1.807, 2.05) is 31.2 Å². The van der Waals surface area contributed by atoms with Gasteiger partial charge in [0.15, 0.2) is 5.82 Å². The van der Waals surface area contributed by atoms with Crippen molar-refractivity contribution in [2.45, 2.75) is 18.9 Å². The molecule has 17 heavy (non-hydrogen) atoms. The average Bonchev–Trinajstić information content (AvgIpc) is 2.63. The molecule has 2 rings (SSSR count). The Morgan fingerprint density at radius 1 is 1.35 bits per heavy atom. The first-order chi connectivity index (χ1) is 7.97. The highest BCUT2D eigenvalue weighted by molar-refractivity contribution is 6.30. The molecular formula is C11H14ClN5. The van der Waals surface area contributed by atoms with E-state index in [0.29, 0.717) is 17.3 Å². The molecule has 6 heteroatoms. The molecule has 1 heterocycles. The van der Waals surface area contributed by atoms with Crippen LogP contribution in [0.25, 0.3) is 0 Å². The molecule has 0 fully saturated rings. The molecule has 0 aliphatic rings. The van der Waals surface area contributed by atoms with Crippen LogP contribution in [0.5, 0.6) is 0 Å². The summed E-state index contributed by atoms with van der Waals surface area (Å²) in [5.74, 6) is 0.632. The van der Waals surface area contributed by atoms with Gasteiger partial charge in [0.1, 0.15) is 0 Å². The summed E-state index contributed by atoms with van der Waals surface area (Å²) < 4.78 is 0. The topological polar surface area (TPSA) is 69.6 Å². The molecule has 1 atom stereocenters. The molecule has 0 saturated carbocycles. The fraction of sp³-hybridized carbons (Fsp3) is 0.364. The Hall–Kier alpha value is -1.46. The number of tetrazole rings is 1. The smallest absolute Gasteiger partial charge is 0.176 e. The van der Waals surface area contributed by atoms with Crippen molar-refractivity contribution in [3.8, 4) is 0 Å². The van der Waals surface area contributed by atoms with E-state index >= 15 is 0 Å². The molecular weight excluding hydrogens is 238 g/mol. The first-order valence-corrected chi connectivity index (χ1v) is 5.63. The maximum absolute atomic E-state index is 6.27.